The minimum absolute atomic E-state index is 0.285. The van der Waals surface area contributed by atoms with Gasteiger partial charge in [-0.15, -0.1) is 0 Å². The van der Waals surface area contributed by atoms with Crippen LogP contribution in [-0.4, -0.2) is 15.9 Å². The second-order valence-corrected chi connectivity index (χ2v) is 5.35. The molecule has 0 spiro atoms. The van der Waals surface area contributed by atoms with Crippen LogP contribution in [0, 0.1) is 0 Å². The van der Waals surface area contributed by atoms with E-state index >= 15 is 0 Å². The van der Waals surface area contributed by atoms with Gasteiger partial charge in [-0.25, -0.2) is 0 Å². The van der Waals surface area contributed by atoms with Crippen LogP contribution in [0.5, 0.6) is 5.75 Å². The summed E-state index contributed by atoms with van der Waals surface area (Å²) in [5, 5.41) is 11.2. The van der Waals surface area contributed by atoms with Crippen molar-refractivity contribution in [3.8, 4) is 5.75 Å². The maximum Gasteiger partial charge on any atom is 0.263 e. The highest BCUT2D eigenvalue weighted by Crippen LogP contribution is 2.25. The molecule has 23 heavy (non-hydrogen) atoms. The van der Waals surface area contributed by atoms with Crippen molar-refractivity contribution in [3.63, 3.8) is 0 Å². The number of nitrogens with one attached hydrogen (secondary N) is 1. The van der Waals surface area contributed by atoms with Crippen LogP contribution in [0.25, 0.3) is 17.0 Å². The Morgan fingerprint density at radius 2 is 1.78 bits per heavy atom. The lowest BCUT2D eigenvalue weighted by molar-refractivity contribution is 0.104. The summed E-state index contributed by atoms with van der Waals surface area (Å²) < 4.78 is 0. The number of aromatic hydroxyl groups is 1. The summed E-state index contributed by atoms with van der Waals surface area (Å²) >= 11 is 6.01. The zero-order valence-corrected chi connectivity index (χ0v) is 12.7. The smallest absolute Gasteiger partial charge is 0.263 e. The van der Waals surface area contributed by atoms with E-state index < -0.39 is 11.3 Å². The van der Waals surface area contributed by atoms with Gasteiger partial charge in [-0.3, -0.25) is 9.59 Å². The van der Waals surface area contributed by atoms with Crippen molar-refractivity contribution in [2.24, 2.45) is 0 Å². The van der Waals surface area contributed by atoms with Gasteiger partial charge in [-0.05, 0) is 35.9 Å². The van der Waals surface area contributed by atoms with Crippen molar-refractivity contribution < 1.29 is 9.90 Å². The third-order valence-corrected chi connectivity index (χ3v) is 3.80. The number of aromatic amines is 1. The molecule has 0 aliphatic heterocycles. The molecule has 0 amide bonds. The van der Waals surface area contributed by atoms with Crippen molar-refractivity contribution in [2.75, 3.05) is 0 Å². The third kappa shape index (κ3) is 2.89. The van der Waals surface area contributed by atoms with E-state index in [1.54, 1.807) is 48.5 Å². The molecule has 5 heteroatoms. The molecule has 0 radical (unpaired) electrons. The number of halogens is 1. The zero-order valence-electron chi connectivity index (χ0n) is 11.9. The van der Waals surface area contributed by atoms with Crippen molar-refractivity contribution >= 4 is 34.4 Å². The molecule has 0 saturated carbocycles. The number of carbonyl (C=O) groups excluding carboxylic acids is 1. The van der Waals surface area contributed by atoms with Crippen LogP contribution in [0.15, 0.2) is 59.4 Å². The van der Waals surface area contributed by atoms with E-state index in [1.165, 1.54) is 12.2 Å². The van der Waals surface area contributed by atoms with E-state index in [0.717, 1.165) is 0 Å². The molecular formula is C18H12ClNO3. The minimum atomic E-state index is -0.630. The molecule has 0 bridgehead atoms. The molecule has 0 aliphatic carbocycles. The average molecular weight is 326 g/mol. The topological polar surface area (TPSA) is 70.2 Å². The first-order valence-electron chi connectivity index (χ1n) is 6.89. The fraction of sp³-hybridized carbons (Fsp3) is 0. The maximum absolute atomic E-state index is 12.3. The largest absolute Gasteiger partial charge is 0.506 e. The number of hydrogen-bond donors (Lipinski definition) is 2. The molecule has 3 aromatic rings. The quantitative estimate of drug-likeness (QED) is 0.568. The van der Waals surface area contributed by atoms with Crippen LogP contribution in [0.1, 0.15) is 15.9 Å². The molecule has 0 fully saturated rings. The Kier molecular flexibility index (Phi) is 4.00. The van der Waals surface area contributed by atoms with E-state index in [4.69, 9.17) is 11.6 Å². The van der Waals surface area contributed by atoms with Gasteiger partial charge in [0.15, 0.2) is 5.78 Å². The number of allylic oxidation sites excluding steroid dienone is 1. The number of carbonyl (C=O) groups is 1. The SMILES string of the molecule is O=C(/C=C/c1ccccc1Cl)c1c(O)c2ccccc2[nH]c1=O. The molecule has 4 nitrogen and oxygen atoms in total. The standard InChI is InChI=1S/C18H12ClNO3/c19-13-7-3-1-5-11(13)9-10-15(21)16-17(22)12-6-2-4-8-14(12)20-18(16)23/h1-10H,(H2,20,22,23)/b10-9+. The molecule has 0 atom stereocenters. The van der Waals surface area contributed by atoms with Gasteiger partial charge in [-0.1, -0.05) is 41.9 Å². The Hall–Kier alpha value is -2.85. The lowest BCUT2D eigenvalue weighted by atomic mass is 10.1. The summed E-state index contributed by atoms with van der Waals surface area (Å²) in [6.45, 7) is 0. The second kappa shape index (κ2) is 6.10. The van der Waals surface area contributed by atoms with Gasteiger partial charge in [0, 0.05) is 10.4 Å². The molecule has 2 N–H and O–H groups in total. The summed E-state index contributed by atoms with van der Waals surface area (Å²) in [6, 6.07) is 13.8. The number of rotatable bonds is 3. The number of benzene rings is 2. The molecule has 0 unspecified atom stereocenters. The normalized spacial score (nSPS) is 11.2. The molecule has 3 rings (SSSR count). The number of H-pyrrole nitrogens is 1. The first kappa shape index (κ1) is 15.1. The summed E-state index contributed by atoms with van der Waals surface area (Å²) in [6.07, 6.45) is 2.74. The van der Waals surface area contributed by atoms with Gasteiger partial charge in [0.05, 0.1) is 5.52 Å². The van der Waals surface area contributed by atoms with Crippen molar-refractivity contribution in [2.45, 2.75) is 0 Å². The molecular weight excluding hydrogens is 314 g/mol. The second-order valence-electron chi connectivity index (χ2n) is 4.94. The highest BCUT2D eigenvalue weighted by atomic mass is 35.5. The average Bonchev–Trinajstić information content (AvgIpc) is 2.54. The van der Waals surface area contributed by atoms with E-state index in [9.17, 15) is 14.7 Å². The highest BCUT2D eigenvalue weighted by molar-refractivity contribution is 6.32. The third-order valence-electron chi connectivity index (χ3n) is 3.46. The van der Waals surface area contributed by atoms with Gasteiger partial charge < -0.3 is 10.1 Å². The van der Waals surface area contributed by atoms with Gasteiger partial charge in [0.2, 0.25) is 0 Å². The summed E-state index contributed by atoms with van der Waals surface area (Å²) in [5.41, 5.74) is 0.211. The fourth-order valence-corrected chi connectivity index (χ4v) is 2.51. The van der Waals surface area contributed by atoms with Crippen molar-refractivity contribution in [1.82, 2.24) is 4.98 Å². The van der Waals surface area contributed by atoms with Crippen LogP contribution >= 0.6 is 11.6 Å². The molecule has 1 heterocycles. The Morgan fingerprint density at radius 3 is 2.57 bits per heavy atom. The number of fused-ring (bicyclic) bond motifs is 1. The maximum atomic E-state index is 12.3. The summed E-state index contributed by atoms with van der Waals surface area (Å²) in [5.74, 6) is -0.910. The van der Waals surface area contributed by atoms with Crippen LogP contribution < -0.4 is 5.56 Å². The first-order chi connectivity index (χ1) is 11.1. The van der Waals surface area contributed by atoms with Gasteiger partial charge in [-0.2, -0.15) is 0 Å². The molecule has 114 valence electrons. The highest BCUT2D eigenvalue weighted by Gasteiger charge is 2.16. The first-order valence-corrected chi connectivity index (χ1v) is 7.26. The summed E-state index contributed by atoms with van der Waals surface area (Å²) in [4.78, 5) is 27.0. The fourth-order valence-electron chi connectivity index (χ4n) is 2.31. The van der Waals surface area contributed by atoms with Crippen LogP contribution in [0.2, 0.25) is 5.02 Å². The van der Waals surface area contributed by atoms with E-state index in [0.29, 0.717) is 21.5 Å². The Morgan fingerprint density at radius 1 is 1.09 bits per heavy atom. The van der Waals surface area contributed by atoms with Crippen LogP contribution in [-0.2, 0) is 0 Å². The number of ketones is 1. The molecule has 1 aromatic heterocycles. The molecule has 2 aromatic carbocycles. The minimum Gasteiger partial charge on any atom is -0.506 e. The number of aromatic nitrogens is 1. The van der Waals surface area contributed by atoms with Crippen LogP contribution in [0.3, 0.4) is 0 Å². The molecule has 0 saturated heterocycles. The van der Waals surface area contributed by atoms with Crippen molar-refractivity contribution in [3.05, 3.63) is 81.1 Å². The van der Waals surface area contributed by atoms with Gasteiger partial charge in [0.1, 0.15) is 11.3 Å². The Labute approximate surface area is 136 Å². The predicted octanol–water partition coefficient (Wildman–Crippen LogP) is 3.78. The monoisotopic (exact) mass is 325 g/mol. The van der Waals surface area contributed by atoms with E-state index in [1.807, 2.05) is 0 Å². The summed E-state index contributed by atoms with van der Waals surface area (Å²) in [7, 11) is 0. The Bertz CT molecular complexity index is 989. The number of pyridine rings is 1. The van der Waals surface area contributed by atoms with E-state index in [2.05, 4.69) is 4.98 Å². The van der Waals surface area contributed by atoms with Crippen molar-refractivity contribution in [1.29, 1.82) is 0 Å². The number of hydrogen-bond acceptors (Lipinski definition) is 3. The van der Waals surface area contributed by atoms with Gasteiger partial charge in [0.25, 0.3) is 5.56 Å². The molecule has 0 aliphatic rings. The zero-order chi connectivity index (χ0) is 16.4. The van der Waals surface area contributed by atoms with Crippen LogP contribution in [0.4, 0.5) is 0 Å². The lowest BCUT2D eigenvalue weighted by Crippen LogP contribution is -2.16. The van der Waals surface area contributed by atoms with Gasteiger partial charge >= 0.3 is 0 Å². The lowest BCUT2D eigenvalue weighted by Gasteiger charge is -2.04. The predicted molar refractivity (Wildman–Crippen MR) is 91.1 cm³/mol. The Balaban J connectivity index is 2.05. The van der Waals surface area contributed by atoms with E-state index in [-0.39, 0.29) is 11.3 Å². The number of para-hydroxylation sites is 1.